The van der Waals surface area contributed by atoms with E-state index in [2.05, 4.69) is 5.32 Å². The Hall–Kier alpha value is -1.88. The van der Waals surface area contributed by atoms with Crippen LogP contribution in [-0.2, 0) is 9.59 Å². The van der Waals surface area contributed by atoms with E-state index < -0.39 is 5.97 Å². The lowest BCUT2D eigenvalue weighted by atomic mass is 10.0. The second kappa shape index (κ2) is 7.78. The third-order valence-corrected chi connectivity index (χ3v) is 3.45. The molecule has 0 saturated carbocycles. The molecule has 1 atom stereocenters. The highest BCUT2D eigenvalue weighted by Gasteiger charge is 2.18. The molecule has 2 N–H and O–H groups in total. The van der Waals surface area contributed by atoms with Crippen LogP contribution in [0.15, 0.2) is 24.3 Å². The Morgan fingerprint density at radius 2 is 1.81 bits per heavy atom. The molecule has 5 nitrogen and oxygen atoms in total. The van der Waals surface area contributed by atoms with E-state index in [4.69, 9.17) is 5.11 Å². The molecule has 1 rings (SSSR count). The number of rotatable bonds is 7. The molecule has 21 heavy (non-hydrogen) atoms. The van der Waals surface area contributed by atoms with Crippen molar-refractivity contribution in [1.82, 2.24) is 10.2 Å². The normalized spacial score (nSPS) is 12.5. The van der Waals surface area contributed by atoms with E-state index in [1.165, 1.54) is 0 Å². The Morgan fingerprint density at radius 3 is 2.33 bits per heavy atom. The van der Waals surface area contributed by atoms with Gasteiger partial charge in [0.15, 0.2) is 0 Å². The lowest BCUT2D eigenvalue weighted by Crippen LogP contribution is -2.43. The number of aliphatic carboxylic acids is 1. The first-order chi connectivity index (χ1) is 9.81. The van der Waals surface area contributed by atoms with Crippen LogP contribution in [0.3, 0.4) is 0 Å². The summed E-state index contributed by atoms with van der Waals surface area (Å²) in [6.07, 6.45) is 0. The quantitative estimate of drug-likeness (QED) is 0.806. The first-order valence-corrected chi connectivity index (χ1v) is 7.12. The van der Waals surface area contributed by atoms with Gasteiger partial charge in [-0.3, -0.25) is 14.5 Å². The predicted octanol–water partition coefficient (Wildman–Crippen LogP) is 1.97. The molecule has 0 heterocycles. The number of nitrogens with one attached hydrogen (secondary N) is 1. The molecule has 0 spiro atoms. The molecule has 116 valence electrons. The van der Waals surface area contributed by atoms with Gasteiger partial charge in [0.25, 0.3) is 0 Å². The molecule has 1 amide bonds. The van der Waals surface area contributed by atoms with Gasteiger partial charge in [0, 0.05) is 6.04 Å². The van der Waals surface area contributed by atoms with Crippen molar-refractivity contribution in [3.63, 3.8) is 0 Å². The molecule has 5 heteroatoms. The number of hydrogen-bond acceptors (Lipinski definition) is 3. The number of hydrogen-bond donors (Lipinski definition) is 2. The first kappa shape index (κ1) is 17.2. The molecule has 0 aliphatic rings. The number of aryl methyl sites for hydroxylation is 1. The van der Waals surface area contributed by atoms with Crippen LogP contribution in [0, 0.1) is 6.92 Å². The van der Waals surface area contributed by atoms with Crippen molar-refractivity contribution in [3.05, 3.63) is 35.4 Å². The summed E-state index contributed by atoms with van der Waals surface area (Å²) in [6.45, 7) is 7.63. The number of nitrogens with zero attached hydrogens (tertiary/aromatic N) is 1. The molecule has 0 radical (unpaired) electrons. The third-order valence-electron chi connectivity index (χ3n) is 3.45. The van der Waals surface area contributed by atoms with Gasteiger partial charge in [0.1, 0.15) is 0 Å². The lowest BCUT2D eigenvalue weighted by Gasteiger charge is -2.25. The maximum atomic E-state index is 12.1. The van der Waals surface area contributed by atoms with Crippen LogP contribution < -0.4 is 5.32 Å². The van der Waals surface area contributed by atoms with E-state index in [0.717, 1.165) is 11.1 Å². The Bertz CT molecular complexity index is 500. The van der Waals surface area contributed by atoms with Crippen molar-refractivity contribution in [1.29, 1.82) is 0 Å². The largest absolute Gasteiger partial charge is 0.480 e. The van der Waals surface area contributed by atoms with E-state index in [9.17, 15) is 9.59 Å². The fourth-order valence-corrected chi connectivity index (χ4v) is 2.22. The maximum absolute atomic E-state index is 12.1. The number of amides is 1. The van der Waals surface area contributed by atoms with Gasteiger partial charge in [0.2, 0.25) is 5.91 Å². The molecule has 0 saturated heterocycles. The number of carbonyl (C=O) groups excluding carboxylic acids is 1. The second-order valence-electron chi connectivity index (χ2n) is 5.54. The molecule has 1 aromatic rings. The highest BCUT2D eigenvalue weighted by Crippen LogP contribution is 2.16. The molecule has 0 fully saturated rings. The molecule has 0 bridgehead atoms. The highest BCUT2D eigenvalue weighted by molar-refractivity contribution is 5.79. The zero-order valence-corrected chi connectivity index (χ0v) is 13.1. The number of carboxylic acid groups (broad SMARTS) is 1. The summed E-state index contributed by atoms with van der Waals surface area (Å²) < 4.78 is 0. The summed E-state index contributed by atoms with van der Waals surface area (Å²) in [5.74, 6) is -1.09. The predicted molar refractivity (Wildman–Crippen MR) is 82.1 cm³/mol. The average molecular weight is 292 g/mol. The minimum Gasteiger partial charge on any atom is -0.480 e. The molecule has 1 aromatic carbocycles. The van der Waals surface area contributed by atoms with Crippen LogP contribution in [0.1, 0.15) is 37.9 Å². The van der Waals surface area contributed by atoms with Gasteiger partial charge in [-0.25, -0.2) is 0 Å². The van der Waals surface area contributed by atoms with Crippen molar-refractivity contribution in [2.24, 2.45) is 0 Å². The Morgan fingerprint density at radius 1 is 1.19 bits per heavy atom. The van der Waals surface area contributed by atoms with Crippen molar-refractivity contribution in [2.75, 3.05) is 13.1 Å². The van der Waals surface area contributed by atoms with Crippen LogP contribution in [-0.4, -0.2) is 41.0 Å². The van der Waals surface area contributed by atoms with Gasteiger partial charge in [0.05, 0.1) is 19.1 Å². The van der Waals surface area contributed by atoms with Crippen LogP contribution in [0.25, 0.3) is 0 Å². The molecule has 1 unspecified atom stereocenters. The fraction of sp³-hybridized carbons (Fsp3) is 0.500. The summed E-state index contributed by atoms with van der Waals surface area (Å²) in [4.78, 5) is 24.5. The van der Waals surface area contributed by atoms with Crippen LogP contribution in [0.4, 0.5) is 0 Å². The van der Waals surface area contributed by atoms with Gasteiger partial charge in [-0.05, 0) is 38.8 Å². The Balaban J connectivity index is 2.64. The zero-order chi connectivity index (χ0) is 16.0. The van der Waals surface area contributed by atoms with Gasteiger partial charge < -0.3 is 10.4 Å². The van der Waals surface area contributed by atoms with Crippen molar-refractivity contribution >= 4 is 11.9 Å². The van der Waals surface area contributed by atoms with Gasteiger partial charge >= 0.3 is 5.97 Å². The van der Waals surface area contributed by atoms with Gasteiger partial charge in [-0.1, -0.05) is 24.3 Å². The first-order valence-electron chi connectivity index (χ1n) is 7.12. The Labute approximate surface area is 126 Å². The summed E-state index contributed by atoms with van der Waals surface area (Å²) in [5.41, 5.74) is 2.19. The summed E-state index contributed by atoms with van der Waals surface area (Å²) in [5, 5.41) is 11.8. The van der Waals surface area contributed by atoms with E-state index in [1.807, 2.05) is 52.0 Å². The molecule has 0 aliphatic carbocycles. The number of carboxylic acids is 1. The molecule has 0 aromatic heterocycles. The van der Waals surface area contributed by atoms with E-state index >= 15 is 0 Å². The summed E-state index contributed by atoms with van der Waals surface area (Å²) in [6, 6.07) is 7.79. The minimum absolute atomic E-state index is 0.000572. The maximum Gasteiger partial charge on any atom is 0.317 e. The minimum atomic E-state index is -0.927. The van der Waals surface area contributed by atoms with Gasteiger partial charge in [-0.2, -0.15) is 0 Å². The third kappa shape index (κ3) is 5.55. The zero-order valence-electron chi connectivity index (χ0n) is 13.1. The van der Waals surface area contributed by atoms with Crippen LogP contribution >= 0.6 is 0 Å². The molecular weight excluding hydrogens is 268 g/mol. The van der Waals surface area contributed by atoms with Gasteiger partial charge in [-0.15, -0.1) is 0 Å². The van der Waals surface area contributed by atoms with E-state index in [1.54, 1.807) is 4.90 Å². The number of carbonyl (C=O) groups is 2. The smallest absolute Gasteiger partial charge is 0.317 e. The monoisotopic (exact) mass is 292 g/mol. The average Bonchev–Trinajstić information content (AvgIpc) is 2.37. The Kier molecular flexibility index (Phi) is 6.37. The van der Waals surface area contributed by atoms with Crippen molar-refractivity contribution in [2.45, 2.75) is 39.8 Å². The number of benzene rings is 1. The van der Waals surface area contributed by atoms with Crippen LogP contribution in [0.2, 0.25) is 0 Å². The SMILES string of the molecule is Cc1ccccc1C(C)NC(=O)CN(CC(=O)O)C(C)C. The second-order valence-corrected chi connectivity index (χ2v) is 5.54. The van der Waals surface area contributed by atoms with E-state index in [0.29, 0.717) is 0 Å². The van der Waals surface area contributed by atoms with E-state index in [-0.39, 0.29) is 31.1 Å². The van der Waals surface area contributed by atoms with Crippen LogP contribution in [0.5, 0.6) is 0 Å². The van der Waals surface area contributed by atoms with Crippen molar-refractivity contribution in [3.8, 4) is 0 Å². The lowest BCUT2D eigenvalue weighted by molar-refractivity contribution is -0.139. The molecule has 0 aliphatic heterocycles. The topological polar surface area (TPSA) is 69.6 Å². The molecular formula is C16H24N2O3. The summed E-state index contributed by atoms with van der Waals surface area (Å²) in [7, 11) is 0. The van der Waals surface area contributed by atoms with Crippen molar-refractivity contribution < 1.29 is 14.7 Å². The standard InChI is InChI=1S/C16H24N2O3/c1-11(2)18(10-16(20)21)9-15(19)17-13(4)14-8-6-5-7-12(14)3/h5-8,11,13H,9-10H2,1-4H3,(H,17,19)(H,20,21). The summed E-state index contributed by atoms with van der Waals surface area (Å²) >= 11 is 0. The highest BCUT2D eigenvalue weighted by atomic mass is 16.4. The fourth-order valence-electron chi connectivity index (χ4n) is 2.22.